The molecule has 0 amide bonds. The quantitative estimate of drug-likeness (QED) is 0.402. The van der Waals surface area contributed by atoms with Gasteiger partial charge in [-0.25, -0.2) is 4.79 Å². The van der Waals surface area contributed by atoms with Crippen LogP contribution in [0.4, 0.5) is 5.82 Å². The van der Waals surface area contributed by atoms with E-state index in [9.17, 15) is 4.79 Å². The summed E-state index contributed by atoms with van der Waals surface area (Å²) < 4.78 is 7.20. The Kier molecular flexibility index (Phi) is 7.61. The molecule has 3 aromatic rings. The molecule has 33 heavy (non-hydrogen) atoms. The predicted molar refractivity (Wildman–Crippen MR) is 130 cm³/mol. The van der Waals surface area contributed by atoms with Crippen LogP contribution in [0.5, 0.6) is 6.01 Å². The van der Waals surface area contributed by atoms with Crippen molar-refractivity contribution in [2.75, 3.05) is 32.0 Å². The number of H-pyrrole nitrogens is 1. The topological polar surface area (TPSA) is 128 Å². The molecule has 9 nitrogen and oxygen atoms in total. The van der Waals surface area contributed by atoms with Gasteiger partial charge in [0, 0.05) is 6.54 Å². The highest BCUT2D eigenvalue weighted by Crippen LogP contribution is 2.22. The zero-order chi connectivity index (χ0) is 23.2. The van der Waals surface area contributed by atoms with Gasteiger partial charge in [0.25, 0.3) is 0 Å². The largest absolute Gasteiger partial charge is 0.463 e. The van der Waals surface area contributed by atoms with Crippen molar-refractivity contribution in [1.29, 1.82) is 0 Å². The second-order valence-corrected chi connectivity index (χ2v) is 8.92. The number of nitrogen functional groups attached to an aromatic ring is 1. The summed E-state index contributed by atoms with van der Waals surface area (Å²) in [5.41, 5.74) is 14.7. The van der Waals surface area contributed by atoms with Gasteiger partial charge in [-0.05, 0) is 62.4 Å². The maximum absolute atomic E-state index is 12.6. The number of benzene rings is 1. The highest BCUT2D eigenvalue weighted by molar-refractivity contribution is 5.81. The Morgan fingerprint density at radius 2 is 1.82 bits per heavy atom. The van der Waals surface area contributed by atoms with Gasteiger partial charge in [0.2, 0.25) is 0 Å². The summed E-state index contributed by atoms with van der Waals surface area (Å²) in [6.07, 6.45) is 5.51. The molecule has 0 radical (unpaired) electrons. The van der Waals surface area contributed by atoms with Crippen LogP contribution in [0.15, 0.2) is 29.1 Å². The molecule has 9 heteroatoms. The summed E-state index contributed by atoms with van der Waals surface area (Å²) in [5.74, 6) is 0.992. The van der Waals surface area contributed by atoms with Crippen molar-refractivity contribution < 1.29 is 4.74 Å². The third kappa shape index (κ3) is 5.72. The lowest BCUT2D eigenvalue weighted by Gasteiger charge is -2.31. The van der Waals surface area contributed by atoms with Gasteiger partial charge in [-0.2, -0.15) is 9.97 Å². The number of rotatable bonds is 10. The lowest BCUT2D eigenvalue weighted by Crippen LogP contribution is -2.33. The molecule has 5 N–H and O–H groups in total. The van der Waals surface area contributed by atoms with E-state index in [0.717, 1.165) is 56.9 Å². The molecule has 0 aliphatic carbocycles. The van der Waals surface area contributed by atoms with E-state index in [2.05, 4.69) is 51.0 Å². The minimum Gasteiger partial charge on any atom is -0.463 e. The number of nitrogens with two attached hydrogens (primary N) is 2. The summed E-state index contributed by atoms with van der Waals surface area (Å²) >= 11 is 0. The van der Waals surface area contributed by atoms with E-state index in [-0.39, 0.29) is 17.5 Å². The number of fused-ring (bicyclic) bond motifs is 1. The first kappa shape index (κ1) is 23.3. The summed E-state index contributed by atoms with van der Waals surface area (Å²) in [5, 5.41) is 0. The number of imidazole rings is 1. The van der Waals surface area contributed by atoms with E-state index in [1.807, 2.05) is 0 Å². The third-order valence-corrected chi connectivity index (χ3v) is 6.41. The molecule has 0 spiro atoms. The molecule has 178 valence electrons. The van der Waals surface area contributed by atoms with Crippen LogP contribution < -0.4 is 21.9 Å². The van der Waals surface area contributed by atoms with E-state index in [1.54, 1.807) is 4.57 Å². The second-order valence-electron chi connectivity index (χ2n) is 8.92. The molecule has 0 saturated carbocycles. The van der Waals surface area contributed by atoms with Crippen LogP contribution in [0.1, 0.15) is 50.2 Å². The van der Waals surface area contributed by atoms with E-state index in [0.29, 0.717) is 24.3 Å². The summed E-state index contributed by atoms with van der Waals surface area (Å²) in [7, 11) is 0. The van der Waals surface area contributed by atoms with E-state index in [1.165, 1.54) is 18.4 Å². The Morgan fingerprint density at radius 3 is 2.48 bits per heavy atom. The molecule has 0 bridgehead atoms. The molecule has 0 atom stereocenters. The number of nitrogens with zero attached hydrogens (tertiary/aromatic N) is 4. The molecule has 4 rings (SSSR count). The Morgan fingerprint density at radius 1 is 1.12 bits per heavy atom. The number of aromatic amines is 1. The minimum atomic E-state index is -0.263. The fourth-order valence-electron chi connectivity index (χ4n) is 4.41. The summed E-state index contributed by atoms with van der Waals surface area (Å²) in [6, 6.07) is 8.63. The van der Waals surface area contributed by atoms with Gasteiger partial charge in [-0.3, -0.25) is 9.47 Å². The van der Waals surface area contributed by atoms with Gasteiger partial charge in [0.05, 0.1) is 13.2 Å². The molecule has 3 heterocycles. The van der Waals surface area contributed by atoms with Crippen LogP contribution in [0, 0.1) is 5.92 Å². The number of piperidine rings is 1. The number of unbranched alkanes of at least 4 members (excludes halogenated alkanes) is 1. The number of aromatic nitrogens is 4. The van der Waals surface area contributed by atoms with Crippen molar-refractivity contribution in [3.05, 3.63) is 45.9 Å². The Bertz CT molecular complexity index is 1100. The zero-order valence-electron chi connectivity index (χ0n) is 19.4. The Hall–Kier alpha value is -2.91. The molecule has 2 aromatic heterocycles. The first-order chi connectivity index (χ1) is 16.1. The molecule has 1 fully saturated rings. The van der Waals surface area contributed by atoms with Gasteiger partial charge in [0.1, 0.15) is 5.52 Å². The normalized spacial score (nSPS) is 15.3. The molecule has 1 aliphatic rings. The molecule has 1 aromatic carbocycles. The van der Waals surface area contributed by atoms with Crippen LogP contribution in [0.3, 0.4) is 0 Å². The van der Waals surface area contributed by atoms with E-state index >= 15 is 0 Å². The van der Waals surface area contributed by atoms with Crippen LogP contribution in [0.2, 0.25) is 0 Å². The average molecular weight is 454 g/mol. The lowest BCUT2D eigenvalue weighted by atomic mass is 9.93. The number of hydrogen-bond acceptors (Lipinski definition) is 7. The Balaban J connectivity index is 1.44. The predicted octanol–water partition coefficient (Wildman–Crippen LogP) is 2.49. The Labute approximate surface area is 194 Å². The monoisotopic (exact) mass is 453 g/mol. The average Bonchev–Trinajstić information content (AvgIpc) is 3.12. The maximum Gasteiger partial charge on any atom is 0.328 e. The van der Waals surface area contributed by atoms with Gasteiger partial charge in [-0.15, -0.1) is 0 Å². The zero-order valence-corrected chi connectivity index (χ0v) is 19.4. The van der Waals surface area contributed by atoms with Gasteiger partial charge < -0.3 is 21.2 Å². The van der Waals surface area contributed by atoms with Crippen molar-refractivity contribution in [2.24, 2.45) is 11.7 Å². The van der Waals surface area contributed by atoms with Gasteiger partial charge in [-0.1, -0.05) is 37.6 Å². The van der Waals surface area contributed by atoms with E-state index in [4.69, 9.17) is 16.2 Å². The maximum atomic E-state index is 12.6. The summed E-state index contributed by atoms with van der Waals surface area (Å²) in [6.45, 7) is 6.99. The van der Waals surface area contributed by atoms with Crippen molar-refractivity contribution in [1.82, 2.24) is 24.4 Å². The molecule has 0 unspecified atom stereocenters. The molecule has 1 aliphatic heterocycles. The van der Waals surface area contributed by atoms with Crippen molar-refractivity contribution in [2.45, 2.75) is 52.1 Å². The van der Waals surface area contributed by atoms with Crippen LogP contribution >= 0.6 is 0 Å². The highest BCUT2D eigenvalue weighted by atomic mass is 16.5. The molecular weight excluding hydrogens is 418 g/mol. The second kappa shape index (κ2) is 10.8. The summed E-state index contributed by atoms with van der Waals surface area (Å²) in [4.78, 5) is 26.5. The number of nitrogens with one attached hydrogen (secondary N) is 1. The van der Waals surface area contributed by atoms with Crippen molar-refractivity contribution in [3.8, 4) is 6.01 Å². The van der Waals surface area contributed by atoms with Crippen molar-refractivity contribution in [3.63, 3.8) is 0 Å². The van der Waals surface area contributed by atoms with Crippen LogP contribution in [-0.4, -0.2) is 50.7 Å². The molecular formula is C24H35N7O2. The van der Waals surface area contributed by atoms with Gasteiger partial charge in [0.15, 0.2) is 11.5 Å². The first-order valence-electron chi connectivity index (χ1n) is 12.0. The van der Waals surface area contributed by atoms with Gasteiger partial charge >= 0.3 is 11.7 Å². The van der Waals surface area contributed by atoms with Crippen LogP contribution in [0.25, 0.3) is 11.2 Å². The number of likely N-dealkylation sites (tertiary alicyclic amines) is 1. The highest BCUT2D eigenvalue weighted by Gasteiger charge is 2.19. The standard InChI is InChI=1S/C24H35N7O2/c1-2-3-14-33-23-28-21(26)20-22(29-23)31(24(32)27-20)16-19-6-4-18(5-7-19)15-30-12-9-17(8-11-25)10-13-30/h4-7,17H,2-3,8-16,25H2,1H3,(H,27,32)(H2,26,28,29). The first-order valence-corrected chi connectivity index (χ1v) is 12.0. The third-order valence-electron chi connectivity index (χ3n) is 6.41. The fraction of sp³-hybridized carbons (Fsp3) is 0.542. The van der Waals surface area contributed by atoms with Crippen molar-refractivity contribution >= 4 is 17.0 Å². The number of hydrogen-bond donors (Lipinski definition) is 3. The molecule has 1 saturated heterocycles. The van der Waals surface area contributed by atoms with Crippen LogP contribution in [-0.2, 0) is 13.1 Å². The number of anilines is 1. The van der Waals surface area contributed by atoms with E-state index < -0.39 is 0 Å². The lowest BCUT2D eigenvalue weighted by molar-refractivity contribution is 0.173. The minimum absolute atomic E-state index is 0.201. The fourth-order valence-corrected chi connectivity index (χ4v) is 4.41. The SMILES string of the molecule is CCCCOc1nc(N)c2[nH]c(=O)n(Cc3ccc(CN4CCC(CCN)CC4)cc3)c2n1. The number of ether oxygens (including phenoxy) is 1. The smallest absolute Gasteiger partial charge is 0.328 e.